The number of hydrogen-bond acceptors (Lipinski definition) is 6. The first-order valence-electron chi connectivity index (χ1n) is 12.8. The molecule has 2 aromatic carbocycles. The molecule has 1 aliphatic heterocycles. The molecule has 6 rings (SSSR count). The van der Waals surface area contributed by atoms with Crippen LogP contribution in [0.1, 0.15) is 41.0 Å². The Bertz CT molecular complexity index is 1660. The molecule has 3 aromatic heterocycles. The van der Waals surface area contributed by atoms with Gasteiger partial charge in [0.1, 0.15) is 21.7 Å². The predicted octanol–water partition coefficient (Wildman–Crippen LogP) is 4.72. The maximum atomic E-state index is 13.6. The van der Waals surface area contributed by atoms with Gasteiger partial charge in [-0.05, 0) is 50.1 Å². The van der Waals surface area contributed by atoms with Crippen molar-refractivity contribution in [1.82, 2.24) is 24.6 Å². The highest BCUT2D eigenvalue weighted by atomic mass is 32.1. The number of carbonyl (C=O) groups is 1. The first kappa shape index (κ1) is 24.1. The predicted molar refractivity (Wildman–Crippen MR) is 150 cm³/mol. The number of aromatic nitrogens is 4. The van der Waals surface area contributed by atoms with E-state index in [0.717, 1.165) is 27.4 Å². The van der Waals surface area contributed by atoms with Crippen LogP contribution < -0.4 is 15.8 Å². The van der Waals surface area contributed by atoms with Gasteiger partial charge >= 0.3 is 0 Å². The van der Waals surface area contributed by atoms with Crippen LogP contribution in [0.3, 0.4) is 0 Å². The van der Waals surface area contributed by atoms with Crippen LogP contribution in [0.15, 0.2) is 83.1 Å². The highest BCUT2D eigenvalue weighted by molar-refractivity contribution is 7.16. The lowest BCUT2D eigenvalue weighted by Gasteiger charge is -2.25. The van der Waals surface area contributed by atoms with Crippen molar-refractivity contribution >= 4 is 33.4 Å². The lowest BCUT2D eigenvalue weighted by atomic mass is 10.0. The molecule has 0 radical (unpaired) electrons. The topological polar surface area (TPSA) is 85.1 Å². The summed E-state index contributed by atoms with van der Waals surface area (Å²) in [5, 5.41) is 3.18. The fourth-order valence-electron chi connectivity index (χ4n) is 5.46. The van der Waals surface area contributed by atoms with Crippen LogP contribution in [-0.2, 0) is 6.54 Å². The molecule has 0 aliphatic carbocycles. The number of thiazole rings is 1. The molecule has 1 aliphatic rings. The van der Waals surface area contributed by atoms with Crippen molar-refractivity contribution in [2.45, 2.75) is 38.9 Å². The molecule has 192 valence electrons. The summed E-state index contributed by atoms with van der Waals surface area (Å²) in [6.07, 6.45) is 0.707. The number of carbonyl (C=O) groups excluding carboxylic acids is 1. The van der Waals surface area contributed by atoms with E-state index in [1.165, 1.54) is 11.3 Å². The maximum absolute atomic E-state index is 13.6. The van der Waals surface area contributed by atoms with E-state index >= 15 is 0 Å². The number of hydrogen-bond donors (Lipinski definition) is 1. The van der Waals surface area contributed by atoms with Gasteiger partial charge < -0.3 is 10.2 Å². The number of nitrogens with zero attached hydrogens (tertiary/aromatic N) is 5. The number of fused-ring (bicyclic) bond motifs is 1. The quantitative estimate of drug-likeness (QED) is 0.347. The molecule has 1 fully saturated rings. The molecule has 0 unspecified atom stereocenters. The molecule has 0 bridgehead atoms. The molecule has 2 atom stereocenters. The Kier molecular flexibility index (Phi) is 6.29. The van der Waals surface area contributed by atoms with Crippen LogP contribution in [0, 0.1) is 6.92 Å². The second-order valence-corrected chi connectivity index (χ2v) is 10.3. The van der Waals surface area contributed by atoms with Gasteiger partial charge in [-0.25, -0.2) is 14.6 Å². The smallest absolute Gasteiger partial charge is 0.284 e. The van der Waals surface area contributed by atoms with Gasteiger partial charge in [-0.15, -0.1) is 11.3 Å². The van der Waals surface area contributed by atoms with Gasteiger partial charge in [0, 0.05) is 19.1 Å². The Morgan fingerprint density at radius 3 is 2.53 bits per heavy atom. The zero-order valence-corrected chi connectivity index (χ0v) is 22.1. The first-order valence-corrected chi connectivity index (χ1v) is 13.6. The van der Waals surface area contributed by atoms with Gasteiger partial charge in [-0.1, -0.05) is 48.5 Å². The third kappa shape index (κ3) is 4.18. The highest BCUT2D eigenvalue weighted by Crippen LogP contribution is 2.36. The minimum Gasteiger partial charge on any atom is -0.347 e. The summed E-state index contributed by atoms with van der Waals surface area (Å²) in [6.45, 7) is 4.96. The van der Waals surface area contributed by atoms with Crippen molar-refractivity contribution in [3.05, 3.63) is 105 Å². The third-order valence-corrected chi connectivity index (χ3v) is 7.96. The fourth-order valence-corrected chi connectivity index (χ4v) is 6.11. The molecule has 0 spiro atoms. The number of rotatable bonds is 6. The molecule has 1 amide bonds. The van der Waals surface area contributed by atoms with Crippen LogP contribution in [0.5, 0.6) is 0 Å². The monoisotopic (exact) mass is 524 g/mol. The first-order chi connectivity index (χ1) is 18.5. The normalized spacial score (nSPS) is 17.3. The van der Waals surface area contributed by atoms with Crippen LogP contribution in [0.25, 0.3) is 16.0 Å². The van der Waals surface area contributed by atoms with Gasteiger partial charge in [0.15, 0.2) is 0 Å². The fraction of sp³-hybridized carbons (Fsp3) is 0.241. The maximum Gasteiger partial charge on any atom is 0.284 e. The molecular formula is C29H28N6O2S. The largest absolute Gasteiger partial charge is 0.347 e. The van der Waals surface area contributed by atoms with Crippen LogP contribution in [0.4, 0.5) is 5.82 Å². The van der Waals surface area contributed by atoms with E-state index in [2.05, 4.69) is 27.3 Å². The van der Waals surface area contributed by atoms with Crippen molar-refractivity contribution in [2.24, 2.45) is 0 Å². The van der Waals surface area contributed by atoms with E-state index < -0.39 is 0 Å². The molecule has 1 N–H and O–H groups in total. The average Bonchev–Trinajstić information content (AvgIpc) is 3.64. The summed E-state index contributed by atoms with van der Waals surface area (Å²) in [6, 6.07) is 23.6. The second kappa shape index (κ2) is 9.90. The number of para-hydroxylation sites is 1. The summed E-state index contributed by atoms with van der Waals surface area (Å²) in [4.78, 5) is 39.5. The van der Waals surface area contributed by atoms with Gasteiger partial charge in [0.2, 0.25) is 0 Å². The summed E-state index contributed by atoms with van der Waals surface area (Å²) in [5.41, 5.74) is 5.12. The van der Waals surface area contributed by atoms with E-state index in [1.807, 2.05) is 79.2 Å². The third-order valence-electron chi connectivity index (χ3n) is 7.22. The Labute approximate surface area is 224 Å². The van der Waals surface area contributed by atoms with E-state index in [9.17, 15) is 9.59 Å². The summed E-state index contributed by atoms with van der Waals surface area (Å²) in [5.74, 6) is 0.515. The highest BCUT2D eigenvalue weighted by Gasteiger charge is 2.36. The zero-order valence-electron chi connectivity index (χ0n) is 21.2. The number of nitrogens with one attached hydrogen (secondary N) is 1. The number of pyridine rings is 1. The Morgan fingerprint density at radius 1 is 1.05 bits per heavy atom. The molecule has 5 aromatic rings. The standard InChI is InChI=1S/C29H28N6O2S/c1-3-34-19(2)26(29(37)35(34)22-12-8-5-9-13-22)27(36)31-21-16-24(20-10-6-4-7-11-20)33(17-21)25-15-14-23-28(32-25)38-18-30-23/h4-15,18,21,24H,3,16-17H2,1-2H3,(H,31,36)/t21-,24+/m0/s1. The molecule has 9 heteroatoms. The van der Waals surface area contributed by atoms with E-state index in [4.69, 9.17) is 4.98 Å². The number of amides is 1. The molecule has 1 saturated heterocycles. The van der Waals surface area contributed by atoms with Crippen molar-refractivity contribution in [1.29, 1.82) is 0 Å². The Morgan fingerprint density at radius 2 is 1.79 bits per heavy atom. The summed E-state index contributed by atoms with van der Waals surface area (Å²) in [7, 11) is 0. The van der Waals surface area contributed by atoms with Crippen molar-refractivity contribution in [3.8, 4) is 5.69 Å². The SMILES string of the molecule is CCn1c(C)c(C(=O)N[C@H]2C[C@H](c3ccccc3)N(c3ccc4ncsc4n3)C2)c(=O)n1-c1ccccc1. The molecule has 38 heavy (non-hydrogen) atoms. The van der Waals surface area contributed by atoms with Crippen molar-refractivity contribution < 1.29 is 4.79 Å². The van der Waals surface area contributed by atoms with Crippen LogP contribution in [-0.4, -0.2) is 37.8 Å². The summed E-state index contributed by atoms with van der Waals surface area (Å²) < 4.78 is 3.45. The van der Waals surface area contributed by atoms with Crippen molar-refractivity contribution in [2.75, 3.05) is 11.4 Å². The second-order valence-electron chi connectivity index (χ2n) is 9.46. The van der Waals surface area contributed by atoms with Gasteiger partial charge in [-0.2, -0.15) is 0 Å². The summed E-state index contributed by atoms with van der Waals surface area (Å²) >= 11 is 1.52. The van der Waals surface area contributed by atoms with Gasteiger partial charge in [0.25, 0.3) is 11.5 Å². The van der Waals surface area contributed by atoms with Crippen LogP contribution in [0.2, 0.25) is 0 Å². The minimum atomic E-state index is -0.339. The average molecular weight is 525 g/mol. The molecule has 0 saturated carbocycles. The van der Waals surface area contributed by atoms with E-state index in [-0.39, 0.29) is 29.1 Å². The Balaban J connectivity index is 1.32. The zero-order chi connectivity index (χ0) is 26.2. The number of benzene rings is 2. The van der Waals surface area contributed by atoms with Gasteiger partial charge in [0.05, 0.1) is 22.9 Å². The molecule has 8 nitrogen and oxygen atoms in total. The Hall–Kier alpha value is -4.24. The minimum absolute atomic E-state index is 0.0432. The van der Waals surface area contributed by atoms with Crippen molar-refractivity contribution in [3.63, 3.8) is 0 Å². The van der Waals surface area contributed by atoms with Crippen LogP contribution >= 0.6 is 11.3 Å². The number of anilines is 1. The van der Waals surface area contributed by atoms with E-state index in [1.54, 1.807) is 10.2 Å². The van der Waals surface area contributed by atoms with E-state index in [0.29, 0.717) is 25.2 Å². The lowest BCUT2D eigenvalue weighted by Crippen LogP contribution is -2.39. The molecular weight excluding hydrogens is 496 g/mol. The molecule has 4 heterocycles. The van der Waals surface area contributed by atoms with Gasteiger partial charge in [-0.3, -0.25) is 14.3 Å². The lowest BCUT2D eigenvalue weighted by molar-refractivity contribution is 0.0938.